The maximum atomic E-state index is 12.1. The Morgan fingerprint density at radius 1 is 0.881 bits per heavy atom. The quantitative estimate of drug-likeness (QED) is 0.101. The van der Waals surface area contributed by atoms with Crippen molar-refractivity contribution in [3.8, 4) is 16.3 Å². The van der Waals surface area contributed by atoms with Gasteiger partial charge in [0.2, 0.25) is 0 Å². The van der Waals surface area contributed by atoms with E-state index in [9.17, 15) is 4.79 Å². The fourth-order valence-electron chi connectivity index (χ4n) is 4.23. The zero-order valence-corrected chi connectivity index (χ0v) is 25.0. The number of benzene rings is 4. The Bertz CT molecular complexity index is 1700. The number of fused-ring (bicyclic) bond motifs is 2. The molecule has 1 aromatic heterocycles. The third-order valence-electron chi connectivity index (χ3n) is 6.24. The lowest BCUT2D eigenvalue weighted by molar-refractivity contribution is -0.00840. The molecule has 7 nitrogen and oxygen atoms in total. The number of carbonyl (C=O) groups is 1. The Labute approximate surface area is 249 Å². The van der Waals surface area contributed by atoms with E-state index in [1.165, 1.54) is 0 Å². The summed E-state index contributed by atoms with van der Waals surface area (Å²) in [5.74, 6) is 0.752. The van der Waals surface area contributed by atoms with Crippen LogP contribution in [0, 0.1) is 0 Å². The van der Waals surface area contributed by atoms with Gasteiger partial charge in [-0.05, 0) is 79.1 Å². The van der Waals surface area contributed by atoms with Crippen LogP contribution < -0.4 is 10.1 Å². The van der Waals surface area contributed by atoms with Crippen molar-refractivity contribution in [2.24, 2.45) is 0 Å². The van der Waals surface area contributed by atoms with Gasteiger partial charge >= 0.3 is 6.09 Å². The molecule has 0 radical (unpaired) electrons. The van der Waals surface area contributed by atoms with Crippen molar-refractivity contribution >= 4 is 56.3 Å². The van der Waals surface area contributed by atoms with Gasteiger partial charge in [-0.15, -0.1) is 11.3 Å². The zero-order valence-electron chi connectivity index (χ0n) is 24.2. The Morgan fingerprint density at radius 2 is 1.62 bits per heavy atom. The van der Waals surface area contributed by atoms with Gasteiger partial charge in [-0.3, -0.25) is 5.32 Å². The largest absolute Gasteiger partial charge is 0.468 e. The summed E-state index contributed by atoms with van der Waals surface area (Å²) in [7, 11) is 1.64. The van der Waals surface area contributed by atoms with E-state index in [2.05, 4.69) is 59.9 Å². The van der Waals surface area contributed by atoms with Gasteiger partial charge in [0.25, 0.3) is 0 Å². The summed E-state index contributed by atoms with van der Waals surface area (Å²) in [6.07, 6.45) is 3.73. The van der Waals surface area contributed by atoms with Gasteiger partial charge in [0.05, 0.1) is 23.4 Å². The van der Waals surface area contributed by atoms with E-state index in [0.29, 0.717) is 18.9 Å². The maximum Gasteiger partial charge on any atom is 0.412 e. The highest BCUT2D eigenvalue weighted by Gasteiger charge is 2.16. The summed E-state index contributed by atoms with van der Waals surface area (Å²) >= 11 is 1.64. The number of hydrogen-bond donors (Lipinski definition) is 1. The van der Waals surface area contributed by atoms with Gasteiger partial charge in [-0.2, -0.15) is 0 Å². The molecule has 4 aromatic carbocycles. The molecule has 1 N–H and O–H groups in total. The molecule has 216 valence electrons. The summed E-state index contributed by atoms with van der Waals surface area (Å²) in [4.78, 5) is 16.9. The first-order valence-corrected chi connectivity index (χ1v) is 14.5. The van der Waals surface area contributed by atoms with E-state index in [4.69, 9.17) is 23.9 Å². The molecule has 1 heterocycles. The standard InChI is InChI=1S/C34H34N2O5S/c1-34(2,3)41-33(37)35-28-14-13-26-19-24(9-12-27(26)20-28)6-5-23-7-10-25(11-8-23)32-36-30-16-15-29(21-31(30)42-32)40-22-39-18-17-38-4/h5-16,19-21H,17-18,22H2,1-4H3,(H,35,37)/b6-5+. The van der Waals surface area contributed by atoms with E-state index < -0.39 is 11.7 Å². The predicted molar refractivity (Wildman–Crippen MR) is 171 cm³/mol. The van der Waals surface area contributed by atoms with E-state index in [0.717, 1.165) is 48.4 Å². The van der Waals surface area contributed by atoms with Crippen LogP contribution in [0.3, 0.4) is 0 Å². The molecule has 0 aliphatic heterocycles. The van der Waals surface area contributed by atoms with Crippen molar-refractivity contribution in [1.82, 2.24) is 4.98 Å². The Balaban J connectivity index is 1.21. The Kier molecular flexibility index (Phi) is 9.17. The molecule has 0 bridgehead atoms. The Hall–Kier alpha value is -4.24. The lowest BCUT2D eigenvalue weighted by Gasteiger charge is -2.19. The van der Waals surface area contributed by atoms with Gasteiger partial charge < -0.3 is 18.9 Å². The SMILES string of the molecule is COCCOCOc1ccc2nc(-c3ccc(/C=C/c4ccc5cc(NC(=O)OC(C)(C)C)ccc5c4)cc3)sc2c1. The molecule has 0 unspecified atom stereocenters. The molecular formula is C34H34N2O5S. The highest BCUT2D eigenvalue weighted by molar-refractivity contribution is 7.21. The molecule has 8 heteroatoms. The summed E-state index contributed by atoms with van der Waals surface area (Å²) < 4.78 is 22.5. The third-order valence-corrected chi connectivity index (χ3v) is 7.30. The number of amides is 1. The van der Waals surface area contributed by atoms with Crippen LogP contribution in [0.1, 0.15) is 31.9 Å². The molecule has 0 aliphatic rings. The van der Waals surface area contributed by atoms with E-state index >= 15 is 0 Å². The van der Waals surface area contributed by atoms with Gasteiger partial charge in [-0.25, -0.2) is 9.78 Å². The number of nitrogens with zero attached hydrogens (tertiary/aromatic N) is 1. The maximum absolute atomic E-state index is 12.1. The van der Waals surface area contributed by atoms with Gasteiger partial charge in [0.15, 0.2) is 6.79 Å². The number of hydrogen-bond acceptors (Lipinski definition) is 7. The van der Waals surface area contributed by atoms with Crippen molar-refractivity contribution < 1.29 is 23.7 Å². The topological polar surface area (TPSA) is 78.9 Å². The van der Waals surface area contributed by atoms with Gasteiger partial charge in [0, 0.05) is 18.4 Å². The number of ether oxygens (including phenoxy) is 4. The average molecular weight is 583 g/mol. The molecule has 42 heavy (non-hydrogen) atoms. The average Bonchev–Trinajstić information content (AvgIpc) is 3.39. The van der Waals surface area contributed by atoms with Crippen LogP contribution in [0.5, 0.6) is 5.75 Å². The number of anilines is 1. The van der Waals surface area contributed by atoms with Crippen molar-refractivity contribution in [2.75, 3.05) is 32.4 Å². The van der Waals surface area contributed by atoms with E-state index in [1.54, 1.807) is 18.4 Å². The first-order valence-electron chi connectivity index (χ1n) is 13.7. The first kappa shape index (κ1) is 29.3. The normalized spacial score (nSPS) is 11.8. The first-order chi connectivity index (χ1) is 20.3. The number of nitrogens with one attached hydrogen (secondary N) is 1. The molecule has 5 rings (SSSR count). The van der Waals surface area contributed by atoms with Gasteiger partial charge in [-0.1, -0.05) is 54.6 Å². The number of carbonyl (C=O) groups excluding carboxylic acids is 1. The second-order valence-electron chi connectivity index (χ2n) is 10.7. The predicted octanol–water partition coefficient (Wildman–Crippen LogP) is 8.63. The minimum Gasteiger partial charge on any atom is -0.468 e. The molecule has 5 aromatic rings. The molecule has 0 atom stereocenters. The van der Waals surface area contributed by atoms with Crippen LogP contribution in [0.25, 0.3) is 43.7 Å². The van der Waals surface area contributed by atoms with Crippen molar-refractivity contribution in [3.63, 3.8) is 0 Å². The van der Waals surface area contributed by atoms with Crippen LogP contribution in [0.4, 0.5) is 10.5 Å². The number of thiazole rings is 1. The van der Waals surface area contributed by atoms with Crippen LogP contribution in [-0.2, 0) is 14.2 Å². The molecule has 1 amide bonds. The second-order valence-corrected chi connectivity index (χ2v) is 11.7. The summed E-state index contributed by atoms with van der Waals surface area (Å²) in [6, 6.07) is 26.3. The van der Waals surface area contributed by atoms with E-state index in [-0.39, 0.29) is 6.79 Å². The van der Waals surface area contributed by atoms with Gasteiger partial charge in [0.1, 0.15) is 16.4 Å². The molecule has 0 fully saturated rings. The number of methoxy groups -OCH3 is 1. The number of rotatable bonds is 10. The van der Waals surface area contributed by atoms with Crippen molar-refractivity contribution in [3.05, 3.63) is 90.0 Å². The highest BCUT2D eigenvalue weighted by atomic mass is 32.1. The number of aromatic nitrogens is 1. The smallest absolute Gasteiger partial charge is 0.412 e. The second kappa shape index (κ2) is 13.2. The summed E-state index contributed by atoms with van der Waals surface area (Å²) in [5, 5.41) is 5.89. The fraction of sp³-hybridized carbons (Fsp3) is 0.235. The zero-order chi connectivity index (χ0) is 29.5. The van der Waals surface area contributed by atoms with E-state index in [1.807, 2.05) is 57.2 Å². The minimum absolute atomic E-state index is 0.184. The van der Waals surface area contributed by atoms with Crippen LogP contribution in [0.15, 0.2) is 78.9 Å². The fourth-order valence-corrected chi connectivity index (χ4v) is 5.23. The molecule has 0 saturated carbocycles. The molecule has 0 spiro atoms. The summed E-state index contributed by atoms with van der Waals surface area (Å²) in [6.45, 7) is 6.74. The van der Waals surface area contributed by atoms with Crippen molar-refractivity contribution in [1.29, 1.82) is 0 Å². The van der Waals surface area contributed by atoms with Crippen LogP contribution in [-0.4, -0.2) is 43.8 Å². The van der Waals surface area contributed by atoms with Crippen LogP contribution >= 0.6 is 11.3 Å². The van der Waals surface area contributed by atoms with Crippen molar-refractivity contribution in [2.45, 2.75) is 26.4 Å². The minimum atomic E-state index is -0.543. The monoisotopic (exact) mass is 582 g/mol. The lowest BCUT2D eigenvalue weighted by atomic mass is 10.0. The Morgan fingerprint density at radius 3 is 2.40 bits per heavy atom. The third kappa shape index (κ3) is 7.94. The highest BCUT2D eigenvalue weighted by Crippen LogP contribution is 2.33. The molecule has 0 saturated heterocycles. The molecule has 0 aliphatic carbocycles. The lowest BCUT2D eigenvalue weighted by Crippen LogP contribution is -2.27. The van der Waals surface area contributed by atoms with Crippen LogP contribution in [0.2, 0.25) is 0 Å². The summed E-state index contributed by atoms with van der Waals surface area (Å²) in [5.41, 5.74) is 4.36. The molecular weight excluding hydrogens is 548 g/mol.